The number of anilines is 1. The Balaban J connectivity index is 1.34. The normalized spacial score (nSPS) is 24.4. The predicted molar refractivity (Wildman–Crippen MR) is 150 cm³/mol. The molecule has 2 amide bonds. The summed E-state index contributed by atoms with van der Waals surface area (Å²) in [6.07, 6.45) is 1.98. The minimum atomic E-state index is -0.918. The van der Waals surface area contributed by atoms with Crippen molar-refractivity contribution in [2.75, 3.05) is 11.7 Å². The lowest BCUT2D eigenvalue weighted by atomic mass is 9.64. The largest absolute Gasteiger partial charge is 0.454 e. The maximum Gasteiger partial charge on any atom is 0.319 e. The molecule has 0 spiro atoms. The number of ether oxygens (including phenoxy) is 3. The highest BCUT2D eigenvalue weighted by Gasteiger charge is 2.60. The Labute approximate surface area is 237 Å². The van der Waals surface area contributed by atoms with Crippen molar-refractivity contribution in [3.8, 4) is 17.2 Å². The Morgan fingerprint density at radius 3 is 2.42 bits per heavy atom. The molecule has 7 nitrogen and oxygen atoms in total. The molecule has 0 bridgehead atoms. The first kappa shape index (κ1) is 23.5. The second-order valence-corrected chi connectivity index (χ2v) is 11.3. The first-order chi connectivity index (χ1) is 19.5. The highest BCUT2D eigenvalue weighted by molar-refractivity contribution is 9.10. The van der Waals surface area contributed by atoms with Crippen molar-refractivity contribution < 1.29 is 28.6 Å². The molecule has 4 aliphatic rings. The van der Waals surface area contributed by atoms with Gasteiger partial charge < -0.3 is 14.2 Å². The topological polar surface area (TPSA) is 82.1 Å². The molecule has 4 aromatic carbocycles. The smallest absolute Gasteiger partial charge is 0.319 e. The van der Waals surface area contributed by atoms with E-state index in [1.807, 2.05) is 60.7 Å². The summed E-state index contributed by atoms with van der Waals surface area (Å²) in [4.78, 5) is 43.2. The molecule has 8 rings (SSSR count). The van der Waals surface area contributed by atoms with Gasteiger partial charge in [-0.1, -0.05) is 64.5 Å². The van der Waals surface area contributed by atoms with Crippen LogP contribution in [-0.2, 0) is 14.4 Å². The summed E-state index contributed by atoms with van der Waals surface area (Å²) in [6, 6.07) is 24.2. The number of benzene rings is 4. The number of amides is 2. The van der Waals surface area contributed by atoms with Crippen molar-refractivity contribution in [1.82, 2.24) is 0 Å². The zero-order valence-corrected chi connectivity index (χ0v) is 22.5. The van der Waals surface area contributed by atoms with Gasteiger partial charge in [0, 0.05) is 21.3 Å². The van der Waals surface area contributed by atoms with Gasteiger partial charge in [-0.15, -0.1) is 0 Å². The second-order valence-electron chi connectivity index (χ2n) is 10.4. The Bertz CT molecular complexity index is 1810. The van der Waals surface area contributed by atoms with Gasteiger partial charge in [-0.3, -0.25) is 14.4 Å². The van der Waals surface area contributed by atoms with E-state index in [-0.39, 0.29) is 12.7 Å². The summed E-state index contributed by atoms with van der Waals surface area (Å²) in [6.45, 7) is 0.125. The maximum absolute atomic E-state index is 14.1. The molecule has 1 aliphatic carbocycles. The monoisotopic (exact) mass is 593 g/mol. The predicted octanol–water partition coefficient (Wildman–Crippen LogP) is 5.85. The number of allylic oxidation sites excluding steroid dienone is 1. The van der Waals surface area contributed by atoms with Crippen molar-refractivity contribution >= 4 is 55.7 Å². The standard InChI is InChI=1S/C32H20BrNO6/c33-18-7-9-19(10-8-18)34-30(35)26-22(17-6-12-24-25(13-17)39-15-38-24)14-23-21-11-5-16-3-1-2-4-20(16)29(21)40-32(37)27(23)28(26)31(34)36/h1-14,22,26-28H,15H2/t22-,26+,27+,28-/m1/s1. The van der Waals surface area contributed by atoms with Crippen LogP contribution in [0.2, 0.25) is 0 Å². The van der Waals surface area contributed by atoms with E-state index in [0.717, 1.165) is 26.4 Å². The minimum absolute atomic E-state index is 0.125. The number of rotatable bonds is 2. The lowest BCUT2D eigenvalue weighted by Crippen LogP contribution is -2.42. The van der Waals surface area contributed by atoms with Crippen LogP contribution in [0.15, 0.2) is 89.4 Å². The SMILES string of the molecule is O=C1Oc2c(ccc3ccccc23)C2=C[C@H](c3ccc4c(c3)OCO4)[C@@H]3C(=O)N(c4ccc(Br)cc4)C(=O)[C@H]3[C@@H]12. The number of carbonyl (C=O) groups is 3. The van der Waals surface area contributed by atoms with E-state index < -0.39 is 35.5 Å². The van der Waals surface area contributed by atoms with Gasteiger partial charge in [0.15, 0.2) is 11.5 Å². The number of esters is 1. The van der Waals surface area contributed by atoms with Crippen molar-refractivity contribution in [3.63, 3.8) is 0 Å². The summed E-state index contributed by atoms with van der Waals surface area (Å²) in [5.74, 6) is -2.65. The molecule has 0 radical (unpaired) electrons. The van der Waals surface area contributed by atoms with E-state index >= 15 is 0 Å². The van der Waals surface area contributed by atoms with Gasteiger partial charge >= 0.3 is 5.97 Å². The van der Waals surface area contributed by atoms with Crippen molar-refractivity contribution in [2.45, 2.75) is 5.92 Å². The van der Waals surface area contributed by atoms with Crippen LogP contribution in [-0.4, -0.2) is 24.6 Å². The Morgan fingerprint density at radius 1 is 0.800 bits per heavy atom. The zero-order chi connectivity index (χ0) is 27.1. The number of nitrogens with zero attached hydrogens (tertiary/aromatic N) is 1. The van der Waals surface area contributed by atoms with E-state index in [1.54, 1.807) is 24.3 Å². The Kier molecular flexibility index (Phi) is 5.00. The molecule has 4 aromatic rings. The van der Waals surface area contributed by atoms with Gasteiger partial charge in [-0.05, 0) is 52.9 Å². The minimum Gasteiger partial charge on any atom is -0.454 e. The van der Waals surface area contributed by atoms with Crippen LogP contribution < -0.4 is 19.1 Å². The van der Waals surface area contributed by atoms with Crippen LogP contribution in [0.1, 0.15) is 17.0 Å². The molecular formula is C32H20BrNO6. The van der Waals surface area contributed by atoms with E-state index in [9.17, 15) is 14.4 Å². The van der Waals surface area contributed by atoms with Gasteiger partial charge in [0.1, 0.15) is 5.75 Å². The molecule has 0 saturated carbocycles. The molecule has 3 heterocycles. The summed E-state index contributed by atoms with van der Waals surface area (Å²) in [7, 11) is 0. The van der Waals surface area contributed by atoms with Gasteiger partial charge in [0.05, 0.1) is 23.4 Å². The number of hydrogen-bond acceptors (Lipinski definition) is 6. The Hall–Kier alpha value is -4.43. The fraction of sp³-hybridized carbons (Fsp3) is 0.156. The van der Waals surface area contributed by atoms with E-state index in [4.69, 9.17) is 14.2 Å². The molecule has 4 atom stereocenters. The van der Waals surface area contributed by atoms with Gasteiger partial charge in [-0.25, -0.2) is 4.90 Å². The number of halogens is 1. The number of fused-ring (bicyclic) bond motifs is 8. The van der Waals surface area contributed by atoms with Crippen LogP contribution in [0.25, 0.3) is 16.3 Å². The average molecular weight is 594 g/mol. The highest BCUT2D eigenvalue weighted by atomic mass is 79.9. The van der Waals surface area contributed by atoms with Gasteiger partial charge in [-0.2, -0.15) is 0 Å². The van der Waals surface area contributed by atoms with Crippen LogP contribution >= 0.6 is 15.9 Å². The molecule has 0 N–H and O–H groups in total. The first-order valence-electron chi connectivity index (χ1n) is 13.0. The fourth-order valence-electron chi connectivity index (χ4n) is 6.58. The number of carbonyl (C=O) groups excluding carboxylic acids is 3. The lowest BCUT2D eigenvalue weighted by Gasteiger charge is -2.38. The summed E-state index contributed by atoms with van der Waals surface area (Å²) in [5, 5.41) is 1.77. The molecule has 8 heteroatoms. The molecule has 3 aliphatic heterocycles. The molecule has 196 valence electrons. The first-order valence-corrected chi connectivity index (χ1v) is 13.8. The third-order valence-electron chi connectivity index (χ3n) is 8.35. The third-order valence-corrected chi connectivity index (χ3v) is 8.88. The molecule has 0 unspecified atom stereocenters. The van der Waals surface area contributed by atoms with Crippen LogP contribution in [0.3, 0.4) is 0 Å². The Morgan fingerprint density at radius 2 is 1.57 bits per heavy atom. The molecule has 0 aromatic heterocycles. The van der Waals surface area contributed by atoms with E-state index in [0.29, 0.717) is 28.5 Å². The van der Waals surface area contributed by atoms with Gasteiger partial charge in [0.25, 0.3) is 0 Å². The lowest BCUT2D eigenvalue weighted by molar-refractivity contribution is -0.142. The molecule has 1 fully saturated rings. The van der Waals surface area contributed by atoms with Crippen molar-refractivity contribution in [2.24, 2.45) is 17.8 Å². The number of hydrogen-bond donors (Lipinski definition) is 0. The maximum atomic E-state index is 14.1. The number of imide groups is 1. The molecule has 1 saturated heterocycles. The average Bonchev–Trinajstić information content (AvgIpc) is 3.55. The molecule has 40 heavy (non-hydrogen) atoms. The van der Waals surface area contributed by atoms with Crippen molar-refractivity contribution in [1.29, 1.82) is 0 Å². The zero-order valence-electron chi connectivity index (χ0n) is 20.9. The third kappa shape index (κ3) is 3.26. The van der Waals surface area contributed by atoms with E-state index in [1.165, 1.54) is 4.90 Å². The van der Waals surface area contributed by atoms with Crippen LogP contribution in [0.5, 0.6) is 17.2 Å². The highest BCUT2D eigenvalue weighted by Crippen LogP contribution is 2.56. The van der Waals surface area contributed by atoms with Crippen molar-refractivity contribution in [3.05, 3.63) is 101 Å². The summed E-state index contributed by atoms with van der Waals surface area (Å²) >= 11 is 3.42. The summed E-state index contributed by atoms with van der Waals surface area (Å²) < 4.78 is 17.9. The second kappa shape index (κ2) is 8.53. The van der Waals surface area contributed by atoms with E-state index in [2.05, 4.69) is 15.9 Å². The fourth-order valence-corrected chi connectivity index (χ4v) is 6.84. The molecular weight excluding hydrogens is 574 g/mol. The summed E-state index contributed by atoms with van der Waals surface area (Å²) in [5.41, 5.74) is 2.74. The van der Waals surface area contributed by atoms with Crippen LogP contribution in [0, 0.1) is 17.8 Å². The van der Waals surface area contributed by atoms with Crippen LogP contribution in [0.4, 0.5) is 5.69 Å². The quantitative estimate of drug-likeness (QED) is 0.165. The van der Waals surface area contributed by atoms with Gasteiger partial charge in [0.2, 0.25) is 18.6 Å².